The van der Waals surface area contributed by atoms with Gasteiger partial charge in [-0.1, -0.05) is 59.6 Å². The van der Waals surface area contributed by atoms with E-state index in [-0.39, 0.29) is 11.8 Å². The summed E-state index contributed by atoms with van der Waals surface area (Å²) >= 11 is 12.2. The number of piperidine rings is 1. The normalized spacial score (nSPS) is 20.2. The van der Waals surface area contributed by atoms with E-state index in [1.165, 1.54) is 19.8 Å². The minimum Gasteiger partial charge on any atom is -0.385 e. The maximum Gasteiger partial charge on any atom is 0.148 e. The van der Waals surface area contributed by atoms with Gasteiger partial charge in [0.1, 0.15) is 5.78 Å². The molecular weight excluding hydrogens is 447 g/mol. The van der Waals surface area contributed by atoms with E-state index in [0.29, 0.717) is 36.0 Å². The molecule has 0 spiro atoms. The fourth-order valence-electron chi connectivity index (χ4n) is 4.28. The largest absolute Gasteiger partial charge is 0.385 e. The van der Waals surface area contributed by atoms with E-state index >= 15 is 0 Å². The molecule has 2 aliphatic rings. The zero-order chi connectivity index (χ0) is 23.1. The summed E-state index contributed by atoms with van der Waals surface area (Å²) in [7, 11) is 0. The maximum atomic E-state index is 12.0. The SMILES string of the molecule is C1CCOC1.CC(=O)C(N)C(c1ccc(Cl)c(Cl)c1)N1CCC(O)(c2ccccc2)CC1. The third-order valence-electron chi connectivity index (χ3n) is 6.25. The van der Waals surface area contributed by atoms with Crippen LogP contribution in [0.4, 0.5) is 0 Å². The molecule has 0 aliphatic carbocycles. The third-order valence-corrected chi connectivity index (χ3v) is 6.99. The van der Waals surface area contributed by atoms with E-state index in [4.69, 9.17) is 33.7 Å². The van der Waals surface area contributed by atoms with Crippen molar-refractivity contribution in [2.45, 2.75) is 50.3 Å². The second kappa shape index (κ2) is 11.6. The molecule has 2 heterocycles. The Morgan fingerprint density at radius 1 is 1.06 bits per heavy atom. The summed E-state index contributed by atoms with van der Waals surface area (Å²) in [6.07, 6.45) is 3.69. The van der Waals surface area contributed by atoms with Gasteiger partial charge in [0, 0.05) is 26.3 Å². The van der Waals surface area contributed by atoms with Crippen LogP contribution >= 0.6 is 23.2 Å². The van der Waals surface area contributed by atoms with Crippen molar-refractivity contribution in [1.82, 2.24) is 4.90 Å². The van der Waals surface area contributed by atoms with E-state index < -0.39 is 11.6 Å². The number of hydrogen-bond acceptors (Lipinski definition) is 5. The molecule has 32 heavy (non-hydrogen) atoms. The number of Topliss-reactive ketones (excluding diaryl/α,β-unsaturated/α-hetero) is 1. The first-order valence-electron chi connectivity index (χ1n) is 11.1. The van der Waals surface area contributed by atoms with Crippen molar-refractivity contribution in [2.24, 2.45) is 5.73 Å². The molecule has 2 aliphatic heterocycles. The molecule has 0 amide bonds. The van der Waals surface area contributed by atoms with Gasteiger partial charge in [-0.05, 0) is 55.9 Å². The lowest BCUT2D eigenvalue weighted by Gasteiger charge is -2.43. The van der Waals surface area contributed by atoms with Gasteiger partial charge < -0.3 is 15.6 Å². The summed E-state index contributed by atoms with van der Waals surface area (Å²) in [5.74, 6) is -0.0880. The lowest BCUT2D eigenvalue weighted by molar-refractivity contribution is -0.120. The van der Waals surface area contributed by atoms with E-state index in [0.717, 1.165) is 24.3 Å². The first-order chi connectivity index (χ1) is 15.3. The summed E-state index contributed by atoms with van der Waals surface area (Å²) in [5.41, 5.74) is 7.18. The smallest absolute Gasteiger partial charge is 0.148 e. The number of halogens is 2. The highest BCUT2D eigenvalue weighted by Crippen LogP contribution is 2.37. The van der Waals surface area contributed by atoms with E-state index in [9.17, 15) is 9.90 Å². The van der Waals surface area contributed by atoms with Gasteiger partial charge in [-0.15, -0.1) is 0 Å². The van der Waals surface area contributed by atoms with Crippen molar-refractivity contribution in [1.29, 1.82) is 0 Å². The highest BCUT2D eigenvalue weighted by Gasteiger charge is 2.38. The quantitative estimate of drug-likeness (QED) is 0.649. The Labute approximate surface area is 200 Å². The second-order valence-corrected chi connectivity index (χ2v) is 9.32. The average Bonchev–Trinajstić information content (AvgIpc) is 3.38. The van der Waals surface area contributed by atoms with Crippen molar-refractivity contribution >= 4 is 29.0 Å². The minimum atomic E-state index is -0.861. The lowest BCUT2D eigenvalue weighted by atomic mass is 9.83. The van der Waals surface area contributed by atoms with Crippen LogP contribution in [0.25, 0.3) is 0 Å². The molecule has 7 heteroatoms. The molecule has 0 aromatic heterocycles. The Morgan fingerprint density at radius 2 is 1.69 bits per heavy atom. The predicted octanol–water partition coefficient (Wildman–Crippen LogP) is 4.73. The van der Waals surface area contributed by atoms with Crippen LogP contribution in [0, 0.1) is 0 Å². The summed E-state index contributed by atoms with van der Waals surface area (Å²) in [6.45, 7) is 4.74. The molecule has 2 aromatic carbocycles. The van der Waals surface area contributed by atoms with E-state index in [2.05, 4.69) is 4.90 Å². The fourth-order valence-corrected chi connectivity index (χ4v) is 4.59. The Bertz CT molecular complexity index is 874. The number of likely N-dealkylation sites (tertiary alicyclic amines) is 1. The first-order valence-corrected chi connectivity index (χ1v) is 11.9. The molecule has 2 saturated heterocycles. The van der Waals surface area contributed by atoms with Crippen LogP contribution in [0.5, 0.6) is 0 Å². The number of hydrogen-bond donors (Lipinski definition) is 2. The zero-order valence-electron chi connectivity index (χ0n) is 18.5. The molecular formula is C25H32Cl2N2O3. The van der Waals surface area contributed by atoms with Gasteiger partial charge in [-0.3, -0.25) is 9.69 Å². The Hall–Kier alpha value is -1.47. The number of ketones is 1. The predicted molar refractivity (Wildman–Crippen MR) is 129 cm³/mol. The highest BCUT2D eigenvalue weighted by molar-refractivity contribution is 6.42. The topological polar surface area (TPSA) is 75.8 Å². The van der Waals surface area contributed by atoms with Crippen LogP contribution in [-0.2, 0) is 15.1 Å². The number of nitrogens with two attached hydrogens (primary N) is 1. The number of nitrogens with zero attached hydrogens (tertiary/aromatic N) is 1. The molecule has 174 valence electrons. The van der Waals surface area contributed by atoms with Crippen molar-refractivity contribution in [3.05, 3.63) is 69.7 Å². The number of carbonyl (C=O) groups is 1. The molecule has 2 atom stereocenters. The van der Waals surface area contributed by atoms with Crippen molar-refractivity contribution in [3.8, 4) is 0 Å². The van der Waals surface area contributed by atoms with Crippen LogP contribution in [0.15, 0.2) is 48.5 Å². The van der Waals surface area contributed by atoms with Crippen molar-refractivity contribution < 1.29 is 14.6 Å². The van der Waals surface area contributed by atoms with Crippen LogP contribution in [0.2, 0.25) is 10.0 Å². The molecule has 2 unspecified atom stereocenters. The molecule has 2 aromatic rings. The number of carbonyl (C=O) groups excluding carboxylic acids is 1. The van der Waals surface area contributed by atoms with Crippen LogP contribution in [0.3, 0.4) is 0 Å². The van der Waals surface area contributed by atoms with Crippen LogP contribution in [0.1, 0.15) is 49.8 Å². The molecule has 0 radical (unpaired) electrons. The van der Waals surface area contributed by atoms with Crippen molar-refractivity contribution in [2.75, 3.05) is 26.3 Å². The Balaban J connectivity index is 0.000000509. The standard InChI is InChI=1S/C21H24Cl2N2O2.C4H8O/c1-14(26)19(24)20(15-7-8-17(22)18(23)13-15)25-11-9-21(27,10-12-25)16-5-3-2-4-6-16;1-2-4-5-3-1/h2-8,13,19-20,27H,9-12,24H2,1H3;1-4H2. The number of ether oxygens (including phenoxy) is 1. The van der Waals surface area contributed by atoms with Gasteiger partial charge in [0.25, 0.3) is 0 Å². The molecule has 5 nitrogen and oxygen atoms in total. The van der Waals surface area contributed by atoms with E-state index in [1.54, 1.807) is 12.1 Å². The van der Waals surface area contributed by atoms with Crippen molar-refractivity contribution in [3.63, 3.8) is 0 Å². The van der Waals surface area contributed by atoms with Gasteiger partial charge in [0.05, 0.1) is 27.7 Å². The van der Waals surface area contributed by atoms with Gasteiger partial charge >= 0.3 is 0 Å². The summed E-state index contributed by atoms with van der Waals surface area (Å²) in [6, 6.07) is 14.1. The van der Waals surface area contributed by atoms with Gasteiger partial charge in [0.15, 0.2) is 0 Å². The minimum absolute atomic E-state index is 0.0880. The fraction of sp³-hybridized carbons (Fsp3) is 0.480. The Morgan fingerprint density at radius 3 is 2.19 bits per heavy atom. The summed E-state index contributed by atoms with van der Waals surface area (Å²) < 4.78 is 4.94. The molecule has 3 N–H and O–H groups in total. The highest BCUT2D eigenvalue weighted by atomic mass is 35.5. The van der Waals surface area contributed by atoms with Gasteiger partial charge in [0.2, 0.25) is 0 Å². The van der Waals surface area contributed by atoms with Crippen LogP contribution in [-0.4, -0.2) is 48.1 Å². The molecule has 2 fully saturated rings. The van der Waals surface area contributed by atoms with Gasteiger partial charge in [-0.2, -0.15) is 0 Å². The number of rotatable bonds is 5. The molecule has 4 rings (SSSR count). The van der Waals surface area contributed by atoms with E-state index in [1.807, 2.05) is 36.4 Å². The average molecular weight is 479 g/mol. The third kappa shape index (κ3) is 6.31. The summed E-state index contributed by atoms with van der Waals surface area (Å²) in [5, 5.41) is 12.0. The lowest BCUT2D eigenvalue weighted by Crippen LogP contribution is -2.50. The Kier molecular flexibility index (Phi) is 9.12. The number of aliphatic hydroxyl groups is 1. The van der Waals surface area contributed by atoms with Crippen LogP contribution < -0.4 is 5.73 Å². The zero-order valence-corrected chi connectivity index (χ0v) is 20.0. The molecule has 0 bridgehead atoms. The number of benzene rings is 2. The van der Waals surface area contributed by atoms with Gasteiger partial charge in [-0.25, -0.2) is 0 Å². The monoisotopic (exact) mass is 478 g/mol. The maximum absolute atomic E-state index is 12.0. The molecule has 0 saturated carbocycles. The first kappa shape index (κ1) is 25.2. The summed E-state index contributed by atoms with van der Waals surface area (Å²) in [4.78, 5) is 14.2. The second-order valence-electron chi connectivity index (χ2n) is 8.51.